The van der Waals surface area contributed by atoms with E-state index in [1.807, 2.05) is 19.1 Å². The number of nitriles is 1. The maximum absolute atomic E-state index is 12.8. The monoisotopic (exact) mass is 438 g/mol. The van der Waals surface area contributed by atoms with Gasteiger partial charge >= 0.3 is 0 Å². The van der Waals surface area contributed by atoms with Crippen LogP contribution in [0.3, 0.4) is 0 Å². The van der Waals surface area contributed by atoms with E-state index >= 15 is 0 Å². The summed E-state index contributed by atoms with van der Waals surface area (Å²) in [5.74, 6) is 0.594. The first-order valence-electron chi connectivity index (χ1n) is 10.3. The Balaban J connectivity index is 1.63. The first-order valence-corrected chi connectivity index (χ1v) is 10.3. The van der Waals surface area contributed by atoms with E-state index in [2.05, 4.69) is 41.9 Å². The van der Waals surface area contributed by atoms with Crippen LogP contribution in [-0.4, -0.2) is 38.1 Å². The fraction of sp³-hybridized carbons (Fsp3) is 0.208. The summed E-state index contributed by atoms with van der Waals surface area (Å²) in [4.78, 5) is 25.8. The van der Waals surface area contributed by atoms with Crippen LogP contribution < -0.4 is 10.6 Å². The van der Waals surface area contributed by atoms with Gasteiger partial charge in [-0.25, -0.2) is 4.98 Å². The van der Waals surface area contributed by atoms with Gasteiger partial charge in [0.1, 0.15) is 11.5 Å². The molecule has 1 amide bonds. The van der Waals surface area contributed by atoms with Crippen molar-refractivity contribution in [3.05, 3.63) is 65.9 Å². The van der Waals surface area contributed by atoms with Gasteiger partial charge in [-0.2, -0.15) is 10.4 Å². The second-order valence-electron chi connectivity index (χ2n) is 8.09. The number of amides is 1. The van der Waals surface area contributed by atoms with Crippen molar-refractivity contribution in [2.24, 2.45) is 0 Å². The second-order valence-corrected chi connectivity index (χ2v) is 8.09. The number of carbonyl (C=O) groups is 1. The predicted molar refractivity (Wildman–Crippen MR) is 126 cm³/mol. The van der Waals surface area contributed by atoms with Crippen LogP contribution in [0.5, 0.6) is 0 Å². The molecule has 0 spiro atoms. The summed E-state index contributed by atoms with van der Waals surface area (Å²) in [6, 6.07) is 11.2. The number of nitrogens with one attached hydrogen (secondary N) is 2. The Labute approximate surface area is 191 Å². The Kier molecular flexibility index (Phi) is 5.67. The lowest BCUT2D eigenvalue weighted by Crippen LogP contribution is -2.19. The van der Waals surface area contributed by atoms with Crippen molar-refractivity contribution in [3.8, 4) is 17.2 Å². The molecule has 0 saturated heterocycles. The van der Waals surface area contributed by atoms with Gasteiger partial charge in [-0.1, -0.05) is 0 Å². The lowest BCUT2D eigenvalue weighted by atomic mass is 9.86. The molecule has 4 aromatic rings. The molecule has 33 heavy (non-hydrogen) atoms. The van der Waals surface area contributed by atoms with E-state index in [0.717, 1.165) is 27.8 Å². The number of aryl methyl sites for hydroxylation is 1. The normalized spacial score (nSPS) is 11.1. The van der Waals surface area contributed by atoms with E-state index in [0.29, 0.717) is 11.3 Å². The van der Waals surface area contributed by atoms with Crippen LogP contribution >= 0.6 is 0 Å². The molecule has 0 atom stereocenters. The van der Waals surface area contributed by atoms with Crippen LogP contribution in [0.15, 0.2) is 48.9 Å². The van der Waals surface area contributed by atoms with E-state index in [-0.39, 0.29) is 11.5 Å². The van der Waals surface area contributed by atoms with E-state index in [1.54, 1.807) is 51.5 Å². The number of nitrogens with zero attached hydrogens (tertiary/aromatic N) is 6. The third-order valence-electron chi connectivity index (χ3n) is 5.35. The van der Waals surface area contributed by atoms with Crippen LogP contribution in [0.2, 0.25) is 0 Å². The lowest BCUT2D eigenvalue weighted by molar-refractivity contribution is 0.102. The number of fused-ring (bicyclic) bond motifs is 1. The molecular weight excluding hydrogens is 416 g/mol. The van der Waals surface area contributed by atoms with Crippen molar-refractivity contribution < 1.29 is 4.79 Å². The second kappa shape index (κ2) is 8.59. The zero-order valence-corrected chi connectivity index (χ0v) is 18.7. The van der Waals surface area contributed by atoms with Crippen LogP contribution in [0.1, 0.15) is 35.6 Å². The number of carbonyl (C=O) groups excluding carboxylic acids is 1. The average molecular weight is 438 g/mol. The standard InChI is InChI=1S/C24H22N8O/c1-14-18(15-7-16-12-29-21(26-4)10-19(16)28-11-15)9-22(32-31-14)30-23(33)20-8-17(5-6-27-20)24(2,3)13-25/h5-12H,1-4H3,(H,26,29)(H,30,32,33). The van der Waals surface area contributed by atoms with Gasteiger partial charge in [0.15, 0.2) is 5.82 Å². The average Bonchev–Trinajstić information content (AvgIpc) is 2.84. The summed E-state index contributed by atoms with van der Waals surface area (Å²) < 4.78 is 0. The van der Waals surface area contributed by atoms with E-state index in [9.17, 15) is 10.1 Å². The number of anilines is 2. The first-order chi connectivity index (χ1) is 15.8. The molecule has 4 rings (SSSR count). The Hall–Kier alpha value is -4.45. The molecule has 0 fully saturated rings. The van der Waals surface area contributed by atoms with Gasteiger partial charge in [0.25, 0.3) is 5.91 Å². The fourth-order valence-electron chi connectivity index (χ4n) is 3.30. The van der Waals surface area contributed by atoms with Crippen molar-refractivity contribution in [3.63, 3.8) is 0 Å². The highest BCUT2D eigenvalue weighted by atomic mass is 16.1. The maximum atomic E-state index is 12.8. The summed E-state index contributed by atoms with van der Waals surface area (Å²) in [6.07, 6.45) is 5.03. The molecule has 2 N–H and O–H groups in total. The summed E-state index contributed by atoms with van der Waals surface area (Å²) in [5, 5.41) is 24.3. The molecule has 0 aliphatic heterocycles. The molecule has 9 nitrogen and oxygen atoms in total. The SMILES string of the molecule is CNc1cc2ncc(-c3cc(NC(=O)c4cc(C(C)(C)C#N)ccn4)nnc3C)cc2cn1. The Bertz CT molecular complexity index is 1410. The van der Waals surface area contributed by atoms with Gasteiger partial charge < -0.3 is 10.6 Å². The number of hydrogen-bond acceptors (Lipinski definition) is 8. The van der Waals surface area contributed by atoms with Crippen LogP contribution in [0.25, 0.3) is 22.0 Å². The van der Waals surface area contributed by atoms with E-state index < -0.39 is 11.3 Å². The quantitative estimate of drug-likeness (QED) is 0.480. The van der Waals surface area contributed by atoms with Gasteiger partial charge in [-0.15, -0.1) is 5.10 Å². The zero-order chi connectivity index (χ0) is 23.6. The van der Waals surface area contributed by atoms with Gasteiger partial charge in [0.2, 0.25) is 0 Å². The molecule has 0 saturated carbocycles. The zero-order valence-electron chi connectivity index (χ0n) is 18.7. The minimum Gasteiger partial charge on any atom is -0.373 e. The summed E-state index contributed by atoms with van der Waals surface area (Å²) in [7, 11) is 1.81. The molecule has 0 aliphatic rings. The van der Waals surface area contributed by atoms with Crippen molar-refractivity contribution in [2.45, 2.75) is 26.2 Å². The number of pyridine rings is 3. The largest absolute Gasteiger partial charge is 0.373 e. The summed E-state index contributed by atoms with van der Waals surface area (Å²) in [6.45, 7) is 5.42. The summed E-state index contributed by atoms with van der Waals surface area (Å²) >= 11 is 0. The number of rotatable bonds is 5. The van der Waals surface area contributed by atoms with Crippen LogP contribution in [0, 0.1) is 18.3 Å². The molecule has 0 unspecified atom stereocenters. The fourth-order valence-corrected chi connectivity index (χ4v) is 3.30. The van der Waals surface area contributed by atoms with Crippen LogP contribution in [-0.2, 0) is 5.41 Å². The highest BCUT2D eigenvalue weighted by Gasteiger charge is 2.22. The smallest absolute Gasteiger partial charge is 0.275 e. The highest BCUT2D eigenvalue weighted by Crippen LogP contribution is 2.27. The molecule has 0 aliphatic carbocycles. The molecule has 0 bridgehead atoms. The molecule has 164 valence electrons. The Morgan fingerprint density at radius 1 is 1.03 bits per heavy atom. The Morgan fingerprint density at radius 2 is 1.85 bits per heavy atom. The Morgan fingerprint density at radius 3 is 2.61 bits per heavy atom. The summed E-state index contributed by atoms with van der Waals surface area (Å²) in [5.41, 5.74) is 3.31. The minimum absolute atomic E-state index is 0.193. The van der Waals surface area contributed by atoms with Gasteiger partial charge in [-0.3, -0.25) is 14.8 Å². The molecular formula is C24H22N8O. The third-order valence-corrected chi connectivity index (χ3v) is 5.35. The van der Waals surface area contributed by atoms with Crippen molar-refractivity contribution in [1.29, 1.82) is 5.26 Å². The van der Waals surface area contributed by atoms with Crippen molar-refractivity contribution in [1.82, 2.24) is 25.1 Å². The van der Waals surface area contributed by atoms with Gasteiger partial charge in [0, 0.05) is 48.2 Å². The van der Waals surface area contributed by atoms with Gasteiger partial charge in [-0.05, 0) is 50.6 Å². The van der Waals surface area contributed by atoms with Crippen LogP contribution in [0.4, 0.5) is 11.6 Å². The molecule has 4 aromatic heterocycles. The van der Waals surface area contributed by atoms with Crippen molar-refractivity contribution in [2.75, 3.05) is 17.7 Å². The lowest BCUT2D eigenvalue weighted by Gasteiger charge is -2.16. The minimum atomic E-state index is -0.735. The number of aromatic nitrogens is 5. The highest BCUT2D eigenvalue weighted by molar-refractivity contribution is 6.02. The molecule has 0 aromatic carbocycles. The number of hydrogen-bond donors (Lipinski definition) is 2. The van der Waals surface area contributed by atoms with E-state index in [1.165, 1.54) is 6.20 Å². The van der Waals surface area contributed by atoms with Crippen molar-refractivity contribution >= 4 is 28.4 Å². The molecule has 0 radical (unpaired) electrons. The predicted octanol–water partition coefficient (Wildman–Crippen LogP) is 3.89. The first kappa shape index (κ1) is 21.8. The maximum Gasteiger partial charge on any atom is 0.275 e. The molecule has 4 heterocycles. The van der Waals surface area contributed by atoms with Gasteiger partial charge in [0.05, 0.1) is 22.7 Å². The molecule has 9 heteroatoms. The van der Waals surface area contributed by atoms with E-state index in [4.69, 9.17) is 0 Å². The third kappa shape index (κ3) is 4.45. The topological polar surface area (TPSA) is 129 Å².